The maximum atomic E-state index is 12.6. The van der Waals surface area contributed by atoms with Gasteiger partial charge in [-0.05, 0) is 86.0 Å². The second-order valence-electron chi connectivity index (χ2n) is 8.49. The van der Waals surface area contributed by atoms with Gasteiger partial charge in [0.2, 0.25) is 0 Å². The Labute approximate surface area is 147 Å². The highest BCUT2D eigenvalue weighted by Gasteiger charge is 2.50. The number of aromatic nitrogens is 3. The first-order valence-corrected chi connectivity index (χ1v) is 9.42. The fourth-order valence-electron chi connectivity index (χ4n) is 5.98. The van der Waals surface area contributed by atoms with Crippen LogP contribution in [0.3, 0.4) is 0 Å². The Kier molecular flexibility index (Phi) is 3.43. The van der Waals surface area contributed by atoms with E-state index in [9.17, 15) is 4.79 Å². The van der Waals surface area contributed by atoms with Crippen molar-refractivity contribution in [3.8, 4) is 5.69 Å². The zero-order valence-electron chi connectivity index (χ0n) is 14.4. The molecule has 5 heteroatoms. The highest BCUT2D eigenvalue weighted by Crippen LogP contribution is 2.59. The minimum atomic E-state index is 0.0425. The highest BCUT2D eigenvalue weighted by molar-refractivity contribution is 5.94. The van der Waals surface area contributed by atoms with Gasteiger partial charge in [0.05, 0.1) is 5.69 Å². The molecule has 0 atom stereocenters. The predicted molar refractivity (Wildman–Crippen MR) is 94.3 cm³/mol. The summed E-state index contributed by atoms with van der Waals surface area (Å²) in [7, 11) is 0. The average molecular weight is 336 g/mol. The van der Waals surface area contributed by atoms with Crippen LogP contribution in [0.4, 0.5) is 0 Å². The lowest BCUT2D eigenvalue weighted by atomic mass is 9.49. The molecule has 4 fully saturated rings. The largest absolute Gasteiger partial charge is 0.351 e. The van der Waals surface area contributed by atoms with Gasteiger partial charge >= 0.3 is 0 Å². The lowest BCUT2D eigenvalue weighted by molar-refractivity contribution is -0.0503. The van der Waals surface area contributed by atoms with Crippen molar-refractivity contribution in [3.63, 3.8) is 0 Å². The average Bonchev–Trinajstić information content (AvgIpc) is 3.13. The molecular formula is C20H24N4O. The van der Waals surface area contributed by atoms with Crippen LogP contribution in [0.1, 0.15) is 48.9 Å². The van der Waals surface area contributed by atoms with Gasteiger partial charge in [-0.15, -0.1) is 0 Å². The first-order chi connectivity index (χ1) is 12.2. The minimum Gasteiger partial charge on any atom is -0.351 e. The summed E-state index contributed by atoms with van der Waals surface area (Å²) in [5.41, 5.74) is 2.01. The smallest absolute Gasteiger partial charge is 0.251 e. The minimum absolute atomic E-state index is 0.0425. The van der Waals surface area contributed by atoms with Crippen molar-refractivity contribution < 1.29 is 4.79 Å². The monoisotopic (exact) mass is 336 g/mol. The molecule has 25 heavy (non-hydrogen) atoms. The molecule has 4 aliphatic carbocycles. The Hall–Kier alpha value is -2.17. The van der Waals surface area contributed by atoms with Crippen molar-refractivity contribution >= 4 is 5.91 Å². The Morgan fingerprint density at radius 1 is 1.08 bits per heavy atom. The van der Waals surface area contributed by atoms with Crippen LogP contribution in [-0.2, 0) is 0 Å². The van der Waals surface area contributed by atoms with Gasteiger partial charge in [-0.1, -0.05) is 0 Å². The second kappa shape index (κ2) is 5.68. The number of rotatable bonds is 4. The van der Waals surface area contributed by atoms with Gasteiger partial charge in [0.15, 0.2) is 0 Å². The summed E-state index contributed by atoms with van der Waals surface area (Å²) in [5.74, 6) is 2.81. The van der Waals surface area contributed by atoms with Gasteiger partial charge in [0, 0.05) is 12.1 Å². The third kappa shape index (κ3) is 2.75. The Morgan fingerprint density at radius 3 is 2.28 bits per heavy atom. The number of benzene rings is 1. The quantitative estimate of drug-likeness (QED) is 0.932. The van der Waals surface area contributed by atoms with Crippen LogP contribution in [0.2, 0.25) is 0 Å². The lowest BCUT2D eigenvalue weighted by Gasteiger charge is -2.56. The molecule has 6 rings (SSSR count). The molecule has 0 radical (unpaired) electrons. The molecule has 130 valence electrons. The number of hydrogen-bond acceptors (Lipinski definition) is 3. The number of carbonyl (C=O) groups excluding carboxylic acids is 1. The van der Waals surface area contributed by atoms with Gasteiger partial charge in [-0.3, -0.25) is 4.79 Å². The van der Waals surface area contributed by atoms with Crippen LogP contribution in [0.25, 0.3) is 5.69 Å². The third-order valence-electron chi connectivity index (χ3n) is 6.60. The van der Waals surface area contributed by atoms with Crippen molar-refractivity contribution in [1.82, 2.24) is 20.1 Å². The highest BCUT2D eigenvalue weighted by atomic mass is 16.1. The second-order valence-corrected chi connectivity index (χ2v) is 8.49. The van der Waals surface area contributed by atoms with E-state index in [4.69, 9.17) is 0 Å². The first-order valence-electron chi connectivity index (χ1n) is 9.42. The van der Waals surface area contributed by atoms with Crippen LogP contribution < -0.4 is 5.32 Å². The summed E-state index contributed by atoms with van der Waals surface area (Å²) in [6.07, 6.45) is 11.5. The molecule has 1 amide bonds. The van der Waals surface area contributed by atoms with Gasteiger partial charge in [-0.2, -0.15) is 5.10 Å². The normalized spacial score (nSPS) is 32.7. The summed E-state index contributed by atoms with van der Waals surface area (Å²) in [6, 6.07) is 7.56. The molecule has 5 nitrogen and oxygen atoms in total. The summed E-state index contributed by atoms with van der Waals surface area (Å²) in [6.45, 7) is 0.847. The molecule has 4 aliphatic rings. The van der Waals surface area contributed by atoms with E-state index in [-0.39, 0.29) is 5.91 Å². The number of nitrogens with one attached hydrogen (secondary N) is 1. The number of carbonyl (C=O) groups is 1. The van der Waals surface area contributed by atoms with E-state index in [0.29, 0.717) is 11.0 Å². The van der Waals surface area contributed by atoms with Crippen molar-refractivity contribution in [2.24, 2.45) is 23.2 Å². The number of hydrogen-bond donors (Lipinski definition) is 1. The molecule has 1 N–H and O–H groups in total. The molecule has 1 heterocycles. The Morgan fingerprint density at radius 2 is 1.72 bits per heavy atom. The third-order valence-corrected chi connectivity index (χ3v) is 6.60. The molecule has 4 bridgehead atoms. The fourth-order valence-corrected chi connectivity index (χ4v) is 5.98. The van der Waals surface area contributed by atoms with Gasteiger partial charge < -0.3 is 5.32 Å². The predicted octanol–water partition coefficient (Wildman–Crippen LogP) is 3.21. The van der Waals surface area contributed by atoms with Crippen molar-refractivity contribution in [2.75, 3.05) is 6.54 Å². The molecule has 0 unspecified atom stereocenters. The molecule has 0 saturated heterocycles. The van der Waals surface area contributed by atoms with Crippen LogP contribution in [-0.4, -0.2) is 27.2 Å². The zero-order valence-corrected chi connectivity index (χ0v) is 14.4. The van der Waals surface area contributed by atoms with Crippen molar-refractivity contribution in [3.05, 3.63) is 42.5 Å². The molecule has 4 saturated carbocycles. The van der Waals surface area contributed by atoms with Crippen LogP contribution in [0.5, 0.6) is 0 Å². The molecule has 1 aromatic heterocycles. The van der Waals surface area contributed by atoms with E-state index in [1.807, 2.05) is 24.3 Å². The number of nitrogens with zero attached hydrogens (tertiary/aromatic N) is 3. The van der Waals surface area contributed by atoms with Gasteiger partial charge in [-0.25, -0.2) is 9.67 Å². The maximum absolute atomic E-state index is 12.6. The molecular weight excluding hydrogens is 312 g/mol. The van der Waals surface area contributed by atoms with E-state index >= 15 is 0 Å². The van der Waals surface area contributed by atoms with E-state index in [2.05, 4.69) is 15.4 Å². The maximum Gasteiger partial charge on any atom is 0.251 e. The van der Waals surface area contributed by atoms with Crippen LogP contribution in [0, 0.1) is 23.2 Å². The van der Waals surface area contributed by atoms with Crippen molar-refractivity contribution in [1.29, 1.82) is 0 Å². The van der Waals surface area contributed by atoms with Crippen LogP contribution >= 0.6 is 0 Å². The van der Waals surface area contributed by atoms with E-state index in [1.165, 1.54) is 44.9 Å². The molecule has 0 spiro atoms. The molecule has 1 aromatic carbocycles. The standard InChI is InChI=1S/C20H24N4O/c25-19(17-1-3-18(4-2-17)24-13-21-12-23-24)22-11-20-8-14-5-15(9-20)7-16(6-14)10-20/h1-4,12-16H,5-11H2,(H,22,25). The summed E-state index contributed by atoms with van der Waals surface area (Å²) in [4.78, 5) is 16.5. The summed E-state index contributed by atoms with van der Waals surface area (Å²) >= 11 is 0. The van der Waals surface area contributed by atoms with E-state index in [1.54, 1.807) is 11.0 Å². The number of amides is 1. The van der Waals surface area contributed by atoms with Crippen molar-refractivity contribution in [2.45, 2.75) is 38.5 Å². The Bertz CT molecular complexity index is 730. The molecule has 0 aliphatic heterocycles. The Balaban J connectivity index is 1.25. The van der Waals surface area contributed by atoms with Gasteiger partial charge in [0.1, 0.15) is 12.7 Å². The fraction of sp³-hybridized carbons (Fsp3) is 0.550. The van der Waals surface area contributed by atoms with Crippen LogP contribution in [0.15, 0.2) is 36.9 Å². The zero-order chi connectivity index (χ0) is 16.9. The lowest BCUT2D eigenvalue weighted by Crippen LogP contribution is -2.51. The van der Waals surface area contributed by atoms with E-state index in [0.717, 1.165) is 30.0 Å². The summed E-state index contributed by atoms with van der Waals surface area (Å²) in [5, 5.41) is 7.34. The SMILES string of the molecule is O=C(NCC12CC3CC(CC(C3)C1)C2)c1ccc(-n2cncn2)cc1. The van der Waals surface area contributed by atoms with Gasteiger partial charge in [0.25, 0.3) is 5.91 Å². The molecule has 2 aromatic rings. The topological polar surface area (TPSA) is 59.8 Å². The van der Waals surface area contributed by atoms with E-state index < -0.39 is 0 Å². The first kappa shape index (κ1) is 15.1. The summed E-state index contributed by atoms with van der Waals surface area (Å²) < 4.78 is 1.69.